The first kappa shape index (κ1) is 30.0. The predicted molar refractivity (Wildman–Crippen MR) is 143 cm³/mol. The minimum Gasteiger partial charge on any atom is -0.489 e. The van der Waals surface area contributed by atoms with Gasteiger partial charge in [-0.1, -0.05) is 23.2 Å². The maximum absolute atomic E-state index is 14.4. The minimum atomic E-state index is -0.627. The fraction of sp³-hybridized carbons (Fsp3) is 0.375. The van der Waals surface area contributed by atoms with Gasteiger partial charge < -0.3 is 29.6 Å². The van der Waals surface area contributed by atoms with Crippen molar-refractivity contribution in [1.82, 2.24) is 9.97 Å². The first-order chi connectivity index (χ1) is 18.4. The van der Waals surface area contributed by atoms with Crippen molar-refractivity contribution in [3.05, 3.63) is 46.5 Å². The Balaban J connectivity index is 1.67. The summed E-state index contributed by atoms with van der Waals surface area (Å²) in [6.07, 6.45) is 1.30. The Morgan fingerprint density at radius 3 is 2.21 bits per heavy atom. The molecule has 0 radical (unpaired) electrons. The molecule has 0 aliphatic carbocycles. The molecule has 206 valence electrons. The molecule has 3 aromatic rings. The van der Waals surface area contributed by atoms with Crippen LogP contribution < -0.4 is 15.4 Å². The van der Waals surface area contributed by atoms with Crippen molar-refractivity contribution < 1.29 is 32.5 Å². The number of fused-ring (bicyclic) bond motifs is 1. The number of hydrogen-bond acceptors (Lipinski definition) is 8. The molecule has 1 heterocycles. The van der Waals surface area contributed by atoms with Crippen molar-refractivity contribution >= 4 is 68.8 Å². The van der Waals surface area contributed by atoms with Crippen molar-refractivity contribution in [2.24, 2.45) is 0 Å². The third kappa shape index (κ3) is 9.04. The van der Waals surface area contributed by atoms with E-state index in [1.807, 2.05) is 0 Å². The second-order valence-electron chi connectivity index (χ2n) is 7.52. The lowest BCUT2D eigenvalue weighted by atomic mass is 10.1. The van der Waals surface area contributed by atoms with Gasteiger partial charge in [0.2, 0.25) is 5.91 Å². The van der Waals surface area contributed by atoms with E-state index in [0.29, 0.717) is 48.8 Å². The molecule has 0 aliphatic rings. The van der Waals surface area contributed by atoms with Crippen LogP contribution in [0.3, 0.4) is 0 Å². The van der Waals surface area contributed by atoms with Gasteiger partial charge in [-0.2, -0.15) is 0 Å². The maximum atomic E-state index is 14.4. The van der Waals surface area contributed by atoms with Gasteiger partial charge in [-0.05, 0) is 18.2 Å². The zero-order valence-corrected chi connectivity index (χ0v) is 22.3. The Hall–Kier alpha value is -2.54. The summed E-state index contributed by atoms with van der Waals surface area (Å²) in [5.41, 5.74) is 0.831. The summed E-state index contributed by atoms with van der Waals surface area (Å²) in [7, 11) is 0. The zero-order chi connectivity index (χ0) is 27.3. The highest BCUT2D eigenvalue weighted by atomic mass is 35.5. The standard InChI is InChI=1S/C24H25Cl3F2N4O5/c25-13-23(34)32-21-9-15-19(12-22(21)38-8-7-37-6-5-36-4-3-35-2-1-28)30-14-31-24(15)33-20-11-17(27)16(26)10-18(20)29/h9-12,14H,1-8,13H2,(H,32,34)(H,30,31,33). The van der Waals surface area contributed by atoms with Crippen LogP contribution in [0.1, 0.15) is 0 Å². The zero-order valence-electron chi connectivity index (χ0n) is 20.1. The molecular formula is C24H25Cl3F2N4O5. The summed E-state index contributed by atoms with van der Waals surface area (Å²) in [6.45, 7) is 1.27. The number of benzene rings is 2. The van der Waals surface area contributed by atoms with Gasteiger partial charge in [0.15, 0.2) is 0 Å². The third-order valence-electron chi connectivity index (χ3n) is 4.85. The van der Waals surface area contributed by atoms with Crippen LogP contribution in [0.4, 0.5) is 26.0 Å². The Bertz CT molecular complexity index is 1230. The lowest BCUT2D eigenvalue weighted by Crippen LogP contribution is -2.16. The van der Waals surface area contributed by atoms with Gasteiger partial charge >= 0.3 is 0 Å². The molecule has 3 rings (SSSR count). The summed E-state index contributed by atoms with van der Waals surface area (Å²) in [4.78, 5) is 20.5. The van der Waals surface area contributed by atoms with Crippen molar-refractivity contribution in [3.8, 4) is 5.75 Å². The van der Waals surface area contributed by atoms with Crippen molar-refractivity contribution in [2.45, 2.75) is 0 Å². The van der Waals surface area contributed by atoms with E-state index in [4.69, 9.17) is 53.8 Å². The molecule has 0 aliphatic heterocycles. The molecule has 1 aromatic heterocycles. The molecule has 0 atom stereocenters. The average Bonchev–Trinajstić information content (AvgIpc) is 2.90. The number of alkyl halides is 2. The molecule has 1 amide bonds. The number of anilines is 3. The minimum absolute atomic E-state index is 0.0545. The molecule has 0 spiro atoms. The number of nitrogens with zero attached hydrogens (tertiary/aromatic N) is 2. The molecule has 0 bridgehead atoms. The first-order valence-corrected chi connectivity index (χ1v) is 12.7. The molecule has 14 heteroatoms. The van der Waals surface area contributed by atoms with Crippen LogP contribution in [0.25, 0.3) is 10.9 Å². The lowest BCUT2D eigenvalue weighted by molar-refractivity contribution is -0.113. The summed E-state index contributed by atoms with van der Waals surface area (Å²) < 4.78 is 47.9. The van der Waals surface area contributed by atoms with Gasteiger partial charge in [-0.15, -0.1) is 11.6 Å². The summed E-state index contributed by atoms with van der Waals surface area (Å²) in [6, 6.07) is 5.63. The number of halogens is 5. The average molecular weight is 594 g/mol. The van der Waals surface area contributed by atoms with Crippen LogP contribution in [-0.4, -0.2) is 74.7 Å². The quantitative estimate of drug-likeness (QED) is 0.129. The van der Waals surface area contributed by atoms with E-state index in [9.17, 15) is 13.6 Å². The number of carbonyl (C=O) groups is 1. The number of ether oxygens (including phenoxy) is 4. The molecule has 2 N–H and O–H groups in total. The van der Waals surface area contributed by atoms with Gasteiger partial charge in [-0.3, -0.25) is 4.79 Å². The fourth-order valence-corrected chi connectivity index (χ4v) is 3.52. The van der Waals surface area contributed by atoms with Gasteiger partial charge in [0.25, 0.3) is 0 Å². The van der Waals surface area contributed by atoms with E-state index < -0.39 is 18.4 Å². The van der Waals surface area contributed by atoms with Crippen LogP contribution in [-0.2, 0) is 19.0 Å². The number of rotatable bonds is 16. The molecule has 0 saturated carbocycles. The Labute approximate surface area is 232 Å². The smallest absolute Gasteiger partial charge is 0.239 e. The summed E-state index contributed by atoms with van der Waals surface area (Å²) in [5, 5.41) is 6.27. The SMILES string of the molecule is O=C(CCl)Nc1cc2c(Nc3cc(Cl)c(Cl)cc3F)ncnc2cc1OCCOCCOCCOCCF. The van der Waals surface area contributed by atoms with E-state index in [2.05, 4.69) is 20.6 Å². The van der Waals surface area contributed by atoms with Crippen molar-refractivity contribution in [2.75, 3.05) is 69.4 Å². The second kappa shape index (κ2) is 15.8. The number of nitrogens with one attached hydrogen (secondary N) is 2. The molecular weight excluding hydrogens is 569 g/mol. The largest absolute Gasteiger partial charge is 0.489 e. The molecule has 2 aromatic carbocycles. The van der Waals surface area contributed by atoms with Crippen LogP contribution in [0.5, 0.6) is 5.75 Å². The van der Waals surface area contributed by atoms with Gasteiger partial charge in [0.05, 0.1) is 66.6 Å². The second-order valence-corrected chi connectivity index (χ2v) is 8.60. The van der Waals surface area contributed by atoms with E-state index in [-0.39, 0.29) is 47.3 Å². The van der Waals surface area contributed by atoms with E-state index >= 15 is 0 Å². The molecule has 9 nitrogen and oxygen atoms in total. The fourth-order valence-electron chi connectivity index (χ4n) is 3.14. The third-order valence-corrected chi connectivity index (χ3v) is 5.81. The van der Waals surface area contributed by atoms with Crippen LogP contribution >= 0.6 is 34.8 Å². The molecule has 0 unspecified atom stereocenters. The monoisotopic (exact) mass is 592 g/mol. The summed E-state index contributed by atoms with van der Waals surface area (Å²) >= 11 is 17.6. The number of carbonyl (C=O) groups excluding carboxylic acids is 1. The Kier molecular flexibility index (Phi) is 12.5. The van der Waals surface area contributed by atoms with Gasteiger partial charge in [0.1, 0.15) is 42.9 Å². The lowest BCUT2D eigenvalue weighted by Gasteiger charge is -2.15. The predicted octanol–water partition coefficient (Wildman–Crippen LogP) is 5.39. The van der Waals surface area contributed by atoms with E-state index in [0.717, 1.165) is 6.07 Å². The van der Waals surface area contributed by atoms with Gasteiger partial charge in [0, 0.05) is 11.5 Å². The molecule has 0 saturated heterocycles. The Morgan fingerprint density at radius 1 is 0.868 bits per heavy atom. The topological polar surface area (TPSA) is 104 Å². The Morgan fingerprint density at radius 2 is 1.53 bits per heavy atom. The molecule has 0 fully saturated rings. The highest BCUT2D eigenvalue weighted by Crippen LogP contribution is 2.35. The number of aromatic nitrogens is 2. The highest BCUT2D eigenvalue weighted by molar-refractivity contribution is 6.42. The van der Waals surface area contributed by atoms with Gasteiger partial charge in [-0.25, -0.2) is 18.7 Å². The van der Waals surface area contributed by atoms with Crippen LogP contribution in [0, 0.1) is 5.82 Å². The first-order valence-electron chi connectivity index (χ1n) is 11.4. The number of amides is 1. The van der Waals surface area contributed by atoms with E-state index in [1.165, 1.54) is 12.4 Å². The normalized spacial score (nSPS) is 11.1. The number of hydrogen-bond donors (Lipinski definition) is 2. The highest BCUT2D eigenvalue weighted by Gasteiger charge is 2.15. The van der Waals surface area contributed by atoms with Crippen LogP contribution in [0.15, 0.2) is 30.6 Å². The van der Waals surface area contributed by atoms with E-state index in [1.54, 1.807) is 12.1 Å². The van der Waals surface area contributed by atoms with Crippen molar-refractivity contribution in [3.63, 3.8) is 0 Å². The van der Waals surface area contributed by atoms with Crippen LogP contribution in [0.2, 0.25) is 10.0 Å². The maximum Gasteiger partial charge on any atom is 0.239 e. The summed E-state index contributed by atoms with van der Waals surface area (Å²) in [5.74, 6) is -0.770. The molecule has 38 heavy (non-hydrogen) atoms. The van der Waals surface area contributed by atoms with Crippen molar-refractivity contribution in [1.29, 1.82) is 0 Å².